The van der Waals surface area contributed by atoms with Crippen LogP contribution in [0.3, 0.4) is 0 Å². The molecular weight excluding hydrogens is 578 g/mol. The number of piperidine rings is 1. The lowest BCUT2D eigenvalue weighted by Crippen LogP contribution is -2.47. The monoisotopic (exact) mass is 603 g/mol. The minimum absolute atomic E-state index is 0.0544. The molecule has 3 atom stereocenters. The van der Waals surface area contributed by atoms with Gasteiger partial charge in [0.1, 0.15) is 28.8 Å². The van der Waals surface area contributed by atoms with Crippen LogP contribution in [0.2, 0.25) is 0 Å². The summed E-state index contributed by atoms with van der Waals surface area (Å²) in [6.07, 6.45) is 4.71. The summed E-state index contributed by atoms with van der Waals surface area (Å²) in [7, 11) is 0. The summed E-state index contributed by atoms with van der Waals surface area (Å²) >= 11 is 3.33. The molecule has 1 aromatic carbocycles. The molecule has 0 radical (unpaired) electrons. The van der Waals surface area contributed by atoms with Crippen LogP contribution in [0.15, 0.2) is 47.3 Å². The van der Waals surface area contributed by atoms with Crippen LogP contribution in [0, 0.1) is 19.3 Å². The molecule has 4 heterocycles. The number of amides is 2. The Labute approximate surface area is 237 Å². The van der Waals surface area contributed by atoms with Crippen molar-refractivity contribution >= 4 is 50.4 Å². The zero-order valence-corrected chi connectivity index (χ0v) is 23.6. The first-order valence-electron chi connectivity index (χ1n) is 12.8. The maximum atomic E-state index is 13.7. The topological polar surface area (TPSA) is 143 Å². The molecule has 1 aliphatic heterocycles. The van der Waals surface area contributed by atoms with E-state index in [0.29, 0.717) is 33.6 Å². The Balaban J connectivity index is 1.29. The second kappa shape index (κ2) is 9.47. The SMILES string of the molecule is Cc1ncc(-c2ccc3c(c2)c(C(=O)O)nn3CC(=O)N2[C@H](C(=O)Nc3nc(Br)ccc3C)C[C@@]3(C)C[C@@H]23)cn1. The molecule has 11 nitrogen and oxygen atoms in total. The number of anilines is 1. The number of carboxylic acids is 1. The Morgan fingerprint density at radius 2 is 1.85 bits per heavy atom. The number of aromatic nitrogens is 5. The Hall–Kier alpha value is -4.19. The molecule has 4 aromatic rings. The minimum Gasteiger partial charge on any atom is -0.476 e. The highest BCUT2D eigenvalue weighted by molar-refractivity contribution is 9.10. The summed E-state index contributed by atoms with van der Waals surface area (Å²) in [6.45, 7) is 5.52. The Kier molecular flexibility index (Phi) is 6.17. The molecule has 12 heteroatoms. The van der Waals surface area contributed by atoms with E-state index in [1.807, 2.05) is 19.1 Å². The van der Waals surface area contributed by atoms with E-state index in [-0.39, 0.29) is 35.5 Å². The van der Waals surface area contributed by atoms with Gasteiger partial charge in [-0.3, -0.25) is 14.3 Å². The van der Waals surface area contributed by atoms with E-state index in [4.69, 9.17) is 0 Å². The second-order valence-electron chi connectivity index (χ2n) is 10.7. The van der Waals surface area contributed by atoms with Crippen LogP contribution < -0.4 is 5.32 Å². The standard InChI is InChI=1S/C28H26BrN7O4/c1-14-4-7-22(29)32-25(14)33-26(38)20-9-28(3)10-21(28)36(20)23(37)13-35-19-6-5-16(17-11-30-15(2)31-12-17)8-18(19)24(34-35)27(39)40/h4-8,11-12,20-21H,9-10,13H2,1-3H3,(H,39,40)(H,32,33,38)/t20-,21+,28-/m0/s1. The van der Waals surface area contributed by atoms with Gasteiger partial charge in [-0.25, -0.2) is 19.7 Å². The van der Waals surface area contributed by atoms with Gasteiger partial charge in [-0.05, 0) is 77.4 Å². The number of fused-ring (bicyclic) bond motifs is 2. The fourth-order valence-corrected chi connectivity index (χ4v) is 5.89. The molecule has 3 aromatic heterocycles. The second-order valence-corrected chi connectivity index (χ2v) is 11.6. The molecule has 2 amide bonds. The number of carbonyl (C=O) groups is 3. The van der Waals surface area contributed by atoms with E-state index >= 15 is 0 Å². The molecule has 6 rings (SSSR count). The number of hydrogen-bond donors (Lipinski definition) is 2. The number of benzene rings is 1. The smallest absolute Gasteiger partial charge is 0.357 e. The van der Waals surface area contributed by atoms with E-state index < -0.39 is 12.0 Å². The van der Waals surface area contributed by atoms with Crippen LogP contribution in [0.25, 0.3) is 22.0 Å². The lowest BCUT2D eigenvalue weighted by Gasteiger charge is -2.27. The summed E-state index contributed by atoms with van der Waals surface area (Å²) in [5, 5.41) is 17.4. The Morgan fingerprint density at radius 3 is 2.58 bits per heavy atom. The van der Waals surface area contributed by atoms with Gasteiger partial charge < -0.3 is 15.3 Å². The van der Waals surface area contributed by atoms with Crippen molar-refractivity contribution in [3.8, 4) is 11.1 Å². The van der Waals surface area contributed by atoms with Gasteiger partial charge in [-0.2, -0.15) is 5.10 Å². The number of halogens is 1. The summed E-state index contributed by atoms with van der Waals surface area (Å²) < 4.78 is 2.00. The van der Waals surface area contributed by atoms with Crippen LogP contribution in [-0.4, -0.2) is 64.6 Å². The van der Waals surface area contributed by atoms with E-state index in [0.717, 1.165) is 23.1 Å². The predicted octanol–water partition coefficient (Wildman–Crippen LogP) is 3.98. The van der Waals surface area contributed by atoms with Crippen LogP contribution in [0.1, 0.15) is 41.6 Å². The molecule has 0 spiro atoms. The third kappa shape index (κ3) is 4.51. The van der Waals surface area contributed by atoms with E-state index in [9.17, 15) is 19.5 Å². The molecule has 1 saturated carbocycles. The highest BCUT2D eigenvalue weighted by Crippen LogP contribution is 2.59. The van der Waals surface area contributed by atoms with Crippen molar-refractivity contribution in [3.05, 3.63) is 64.4 Å². The van der Waals surface area contributed by atoms with Gasteiger partial charge in [0.15, 0.2) is 5.69 Å². The number of aromatic carboxylic acids is 1. The largest absolute Gasteiger partial charge is 0.476 e. The van der Waals surface area contributed by atoms with Crippen molar-refractivity contribution in [3.63, 3.8) is 0 Å². The lowest BCUT2D eigenvalue weighted by atomic mass is 10.0. The number of rotatable bonds is 6. The van der Waals surface area contributed by atoms with Gasteiger partial charge in [0.05, 0.1) is 5.52 Å². The molecular formula is C28H26BrN7O4. The normalized spacial score (nSPS) is 21.4. The number of aryl methyl sites for hydroxylation is 2. The molecule has 2 fully saturated rings. The highest BCUT2D eigenvalue weighted by Gasteiger charge is 2.64. The maximum absolute atomic E-state index is 13.7. The van der Waals surface area contributed by atoms with Crippen molar-refractivity contribution in [1.82, 2.24) is 29.6 Å². The summed E-state index contributed by atoms with van der Waals surface area (Å²) in [4.78, 5) is 53.6. The van der Waals surface area contributed by atoms with Gasteiger partial charge in [0, 0.05) is 29.4 Å². The molecule has 1 saturated heterocycles. The predicted molar refractivity (Wildman–Crippen MR) is 150 cm³/mol. The highest BCUT2D eigenvalue weighted by atomic mass is 79.9. The first kappa shape index (κ1) is 26.1. The third-order valence-corrected chi connectivity index (χ3v) is 8.32. The van der Waals surface area contributed by atoms with Crippen LogP contribution in [-0.2, 0) is 16.1 Å². The molecule has 0 bridgehead atoms. The zero-order chi connectivity index (χ0) is 28.3. The quantitative estimate of drug-likeness (QED) is 0.315. The number of likely N-dealkylation sites (tertiary alicyclic amines) is 1. The van der Waals surface area contributed by atoms with Gasteiger partial charge >= 0.3 is 5.97 Å². The number of carbonyl (C=O) groups excluding carboxylic acids is 2. The first-order valence-corrected chi connectivity index (χ1v) is 13.6. The van der Waals surface area contributed by atoms with Crippen LogP contribution in [0.4, 0.5) is 5.82 Å². The number of hydrogen-bond acceptors (Lipinski definition) is 7. The summed E-state index contributed by atoms with van der Waals surface area (Å²) in [6, 6.07) is 8.22. The van der Waals surface area contributed by atoms with Gasteiger partial charge in [0.2, 0.25) is 11.8 Å². The van der Waals surface area contributed by atoms with E-state index in [1.165, 1.54) is 4.68 Å². The third-order valence-electron chi connectivity index (χ3n) is 7.88. The van der Waals surface area contributed by atoms with Gasteiger partial charge in [-0.15, -0.1) is 0 Å². The Morgan fingerprint density at radius 1 is 1.10 bits per heavy atom. The Bertz CT molecular complexity index is 1700. The number of nitrogens with one attached hydrogen (secondary N) is 1. The molecule has 2 aliphatic rings. The van der Waals surface area contributed by atoms with Crippen molar-refractivity contribution in [1.29, 1.82) is 0 Å². The molecule has 40 heavy (non-hydrogen) atoms. The fraction of sp³-hybridized carbons (Fsp3) is 0.321. The average molecular weight is 604 g/mol. The van der Waals surface area contributed by atoms with E-state index in [1.54, 1.807) is 42.4 Å². The van der Waals surface area contributed by atoms with Crippen LogP contribution >= 0.6 is 15.9 Å². The van der Waals surface area contributed by atoms with Crippen molar-refractivity contribution in [2.24, 2.45) is 5.41 Å². The minimum atomic E-state index is -1.20. The number of nitrogens with zero attached hydrogens (tertiary/aromatic N) is 6. The molecule has 2 N–H and O–H groups in total. The molecule has 204 valence electrons. The van der Waals surface area contributed by atoms with Crippen molar-refractivity contribution in [2.75, 3.05) is 5.32 Å². The maximum Gasteiger partial charge on any atom is 0.357 e. The van der Waals surface area contributed by atoms with Gasteiger partial charge in [0.25, 0.3) is 0 Å². The zero-order valence-electron chi connectivity index (χ0n) is 22.1. The average Bonchev–Trinajstić information content (AvgIpc) is 3.28. The fourth-order valence-electron chi connectivity index (χ4n) is 5.58. The van der Waals surface area contributed by atoms with E-state index in [2.05, 4.69) is 48.2 Å². The van der Waals surface area contributed by atoms with Gasteiger partial charge in [-0.1, -0.05) is 19.1 Å². The number of carboxylic acid groups (broad SMARTS) is 1. The molecule has 0 unspecified atom stereocenters. The van der Waals surface area contributed by atoms with Crippen LogP contribution in [0.5, 0.6) is 0 Å². The summed E-state index contributed by atoms with van der Waals surface area (Å²) in [5.41, 5.74) is 2.52. The number of pyridine rings is 1. The van der Waals surface area contributed by atoms with Crippen molar-refractivity contribution < 1.29 is 19.5 Å². The molecule has 1 aliphatic carbocycles. The van der Waals surface area contributed by atoms with Crippen molar-refractivity contribution in [2.45, 2.75) is 52.2 Å². The summed E-state index contributed by atoms with van der Waals surface area (Å²) in [5.74, 6) is -0.708. The lowest BCUT2D eigenvalue weighted by molar-refractivity contribution is -0.138. The first-order chi connectivity index (χ1) is 19.0.